The summed E-state index contributed by atoms with van der Waals surface area (Å²) in [6.07, 6.45) is 1.30. The third-order valence-electron chi connectivity index (χ3n) is 4.49. The first-order valence-electron chi connectivity index (χ1n) is 8.39. The molecular formula is C17H21N3O5S2. The van der Waals surface area contributed by atoms with E-state index >= 15 is 0 Å². The molecule has 1 fully saturated rings. The number of amides is 2. The minimum Gasteiger partial charge on any atom is -0.383 e. The topological polar surface area (TPSA) is 106 Å². The normalized spacial score (nSPS) is 18.9. The first kappa shape index (κ1) is 19.7. The summed E-state index contributed by atoms with van der Waals surface area (Å²) >= 11 is 1.20. The molecule has 0 unspecified atom stereocenters. The van der Waals surface area contributed by atoms with E-state index in [1.807, 2.05) is 6.92 Å². The van der Waals surface area contributed by atoms with Crippen LogP contribution in [0.3, 0.4) is 0 Å². The predicted molar refractivity (Wildman–Crippen MR) is 103 cm³/mol. The molecule has 3 rings (SSSR count). The van der Waals surface area contributed by atoms with Crippen LogP contribution in [0.15, 0.2) is 23.1 Å². The summed E-state index contributed by atoms with van der Waals surface area (Å²) in [6.45, 7) is 2.65. The van der Waals surface area contributed by atoms with Gasteiger partial charge in [0.25, 0.3) is 0 Å². The number of nitrogens with zero attached hydrogens (tertiary/aromatic N) is 2. The van der Waals surface area contributed by atoms with E-state index in [1.54, 1.807) is 24.1 Å². The summed E-state index contributed by atoms with van der Waals surface area (Å²) in [7, 11) is -1.74. The molecule has 1 aliphatic heterocycles. The lowest BCUT2D eigenvalue weighted by atomic mass is 10.1. The molecule has 1 aromatic heterocycles. The molecule has 2 atom stereocenters. The van der Waals surface area contributed by atoms with Crippen LogP contribution in [0.25, 0.3) is 10.2 Å². The Morgan fingerprint density at radius 2 is 2.22 bits per heavy atom. The molecule has 0 spiro atoms. The Morgan fingerprint density at radius 1 is 1.48 bits per heavy atom. The second-order valence-electron chi connectivity index (χ2n) is 6.66. The fourth-order valence-electron chi connectivity index (χ4n) is 3.06. The molecule has 0 saturated carbocycles. The van der Waals surface area contributed by atoms with Gasteiger partial charge in [0, 0.05) is 26.3 Å². The highest BCUT2D eigenvalue weighted by atomic mass is 32.2. The number of nitrogens with one attached hydrogen (secondary N) is 1. The van der Waals surface area contributed by atoms with Crippen LogP contribution >= 0.6 is 11.3 Å². The van der Waals surface area contributed by atoms with E-state index < -0.39 is 15.8 Å². The number of sulfone groups is 1. The van der Waals surface area contributed by atoms with E-state index in [2.05, 4.69) is 10.3 Å². The van der Waals surface area contributed by atoms with Crippen molar-refractivity contribution in [3.8, 4) is 0 Å². The average Bonchev–Trinajstić information content (AvgIpc) is 3.16. The van der Waals surface area contributed by atoms with Gasteiger partial charge in [-0.1, -0.05) is 11.3 Å². The molecule has 8 nitrogen and oxygen atoms in total. The summed E-state index contributed by atoms with van der Waals surface area (Å²) in [6, 6.07) is 4.57. The predicted octanol–water partition coefficient (Wildman–Crippen LogP) is 1.52. The number of carbonyl (C=O) groups excluding carboxylic acids is 2. The Bertz CT molecular complexity index is 986. The van der Waals surface area contributed by atoms with E-state index in [9.17, 15) is 18.0 Å². The monoisotopic (exact) mass is 411 g/mol. The molecule has 2 heterocycles. The zero-order chi connectivity index (χ0) is 19.8. The van der Waals surface area contributed by atoms with Gasteiger partial charge in [-0.15, -0.1) is 0 Å². The number of thiazole rings is 1. The molecule has 1 saturated heterocycles. The van der Waals surface area contributed by atoms with Crippen molar-refractivity contribution in [3.05, 3.63) is 18.2 Å². The molecule has 2 aromatic rings. The first-order valence-corrected chi connectivity index (χ1v) is 11.1. The lowest BCUT2D eigenvalue weighted by molar-refractivity contribution is -0.130. The van der Waals surface area contributed by atoms with E-state index in [1.165, 1.54) is 17.4 Å². The molecule has 1 N–H and O–H groups in total. The van der Waals surface area contributed by atoms with Gasteiger partial charge in [0.1, 0.15) is 0 Å². The minimum atomic E-state index is -3.31. The van der Waals surface area contributed by atoms with Gasteiger partial charge in [-0.05, 0) is 25.1 Å². The van der Waals surface area contributed by atoms with Gasteiger partial charge in [-0.2, -0.15) is 0 Å². The summed E-state index contributed by atoms with van der Waals surface area (Å²) in [4.78, 5) is 30.9. The van der Waals surface area contributed by atoms with Crippen LogP contribution in [0.1, 0.15) is 13.3 Å². The van der Waals surface area contributed by atoms with Gasteiger partial charge in [0.2, 0.25) is 11.8 Å². The highest BCUT2D eigenvalue weighted by Gasteiger charge is 2.36. The van der Waals surface area contributed by atoms with Crippen LogP contribution in [-0.2, 0) is 24.2 Å². The number of anilines is 1. The van der Waals surface area contributed by atoms with Crippen LogP contribution in [0.5, 0.6) is 0 Å². The summed E-state index contributed by atoms with van der Waals surface area (Å²) < 4.78 is 29.1. The Labute approximate surface area is 161 Å². The zero-order valence-electron chi connectivity index (χ0n) is 15.3. The number of aromatic nitrogens is 1. The average molecular weight is 412 g/mol. The fraction of sp³-hybridized carbons (Fsp3) is 0.471. The molecule has 10 heteroatoms. The van der Waals surface area contributed by atoms with Gasteiger partial charge in [-0.25, -0.2) is 13.4 Å². The molecule has 1 aliphatic rings. The van der Waals surface area contributed by atoms with E-state index in [-0.39, 0.29) is 29.2 Å². The van der Waals surface area contributed by atoms with Crippen LogP contribution in [0, 0.1) is 5.92 Å². The number of fused-ring (bicyclic) bond motifs is 1. The highest BCUT2D eigenvalue weighted by molar-refractivity contribution is 7.90. The smallest absolute Gasteiger partial charge is 0.231 e. The number of ether oxygens (including phenoxy) is 1. The van der Waals surface area contributed by atoms with Gasteiger partial charge < -0.3 is 15.0 Å². The molecule has 27 heavy (non-hydrogen) atoms. The number of hydrogen-bond donors (Lipinski definition) is 1. The lowest BCUT2D eigenvalue weighted by Crippen LogP contribution is -2.38. The van der Waals surface area contributed by atoms with Crippen molar-refractivity contribution >= 4 is 48.3 Å². The second-order valence-corrected chi connectivity index (χ2v) is 9.71. The van der Waals surface area contributed by atoms with Gasteiger partial charge in [0.15, 0.2) is 15.0 Å². The largest absolute Gasteiger partial charge is 0.383 e. The quantitative estimate of drug-likeness (QED) is 0.773. The van der Waals surface area contributed by atoms with Crippen molar-refractivity contribution in [1.82, 2.24) is 9.88 Å². The fourth-order valence-corrected chi connectivity index (χ4v) is 4.69. The maximum Gasteiger partial charge on any atom is 0.231 e. The molecule has 0 bridgehead atoms. The van der Waals surface area contributed by atoms with Gasteiger partial charge in [0.05, 0.1) is 33.7 Å². The second kappa shape index (κ2) is 7.53. The third kappa shape index (κ3) is 4.28. The third-order valence-corrected chi connectivity index (χ3v) is 6.53. The lowest BCUT2D eigenvalue weighted by Gasteiger charge is -2.23. The summed E-state index contributed by atoms with van der Waals surface area (Å²) in [5, 5.41) is 3.14. The SMILES string of the molecule is COC[C@@H](C)N1C[C@@H](C(=O)Nc2nc3ccc(S(C)(=O)=O)cc3s2)CC1=O. The molecular weight excluding hydrogens is 390 g/mol. The van der Waals surface area contributed by atoms with Crippen molar-refractivity contribution in [2.24, 2.45) is 5.92 Å². The minimum absolute atomic E-state index is 0.0678. The Balaban J connectivity index is 1.72. The highest BCUT2D eigenvalue weighted by Crippen LogP contribution is 2.29. The number of carbonyl (C=O) groups is 2. The van der Waals surface area contributed by atoms with Gasteiger partial charge >= 0.3 is 0 Å². The van der Waals surface area contributed by atoms with Gasteiger partial charge in [-0.3, -0.25) is 9.59 Å². The standard InChI is InChI=1S/C17H21N3O5S2/c1-10(9-25-2)20-8-11(6-15(20)21)16(22)19-17-18-13-5-4-12(27(3,23)24)7-14(13)26-17/h4-5,7,10-11H,6,8-9H2,1-3H3,(H,18,19,22)/t10-,11+/m1/s1. The molecule has 2 amide bonds. The van der Waals surface area contributed by atoms with Crippen LogP contribution < -0.4 is 5.32 Å². The van der Waals surface area contributed by atoms with Crippen LogP contribution in [0.2, 0.25) is 0 Å². The first-order chi connectivity index (χ1) is 12.7. The van der Waals surface area contributed by atoms with Crippen molar-refractivity contribution < 1.29 is 22.7 Å². The van der Waals surface area contributed by atoms with E-state index in [0.717, 1.165) is 6.26 Å². The van der Waals surface area contributed by atoms with Crippen molar-refractivity contribution in [3.63, 3.8) is 0 Å². The number of methoxy groups -OCH3 is 1. The van der Waals surface area contributed by atoms with Crippen LogP contribution in [-0.4, -0.2) is 62.7 Å². The van der Waals surface area contributed by atoms with E-state index in [0.29, 0.717) is 28.5 Å². The van der Waals surface area contributed by atoms with Crippen LogP contribution in [0.4, 0.5) is 5.13 Å². The number of likely N-dealkylation sites (tertiary alicyclic amines) is 1. The van der Waals surface area contributed by atoms with Crippen molar-refractivity contribution in [2.45, 2.75) is 24.3 Å². The van der Waals surface area contributed by atoms with Crippen molar-refractivity contribution in [1.29, 1.82) is 0 Å². The molecule has 0 aliphatic carbocycles. The number of rotatable bonds is 6. The summed E-state index contributed by atoms with van der Waals surface area (Å²) in [5.41, 5.74) is 0.612. The van der Waals surface area contributed by atoms with Crippen molar-refractivity contribution in [2.75, 3.05) is 31.8 Å². The maximum atomic E-state index is 12.5. The number of benzene rings is 1. The summed E-state index contributed by atoms with van der Waals surface area (Å²) in [5.74, 6) is -0.782. The zero-order valence-corrected chi connectivity index (χ0v) is 16.9. The Morgan fingerprint density at radius 3 is 2.89 bits per heavy atom. The molecule has 0 radical (unpaired) electrons. The molecule has 146 valence electrons. The molecule has 1 aromatic carbocycles. The number of hydrogen-bond acceptors (Lipinski definition) is 7. The van der Waals surface area contributed by atoms with E-state index in [4.69, 9.17) is 4.74 Å². The maximum absolute atomic E-state index is 12.5. The Kier molecular flexibility index (Phi) is 5.50. The Hall–Kier alpha value is -2.04.